The molecule has 1 fully saturated rings. The summed E-state index contributed by atoms with van der Waals surface area (Å²) in [6.45, 7) is 2.18. The summed E-state index contributed by atoms with van der Waals surface area (Å²) in [6, 6.07) is 5.35. The lowest BCUT2D eigenvalue weighted by atomic mass is 9.95. The Labute approximate surface area is 121 Å². The predicted molar refractivity (Wildman–Crippen MR) is 75.1 cm³/mol. The van der Waals surface area contributed by atoms with E-state index in [1.165, 1.54) is 12.1 Å². The molecular weight excluding hydrogens is 274 g/mol. The number of carbonyl (C=O) groups is 1. The van der Waals surface area contributed by atoms with Gasteiger partial charge in [0.2, 0.25) is 0 Å². The van der Waals surface area contributed by atoms with Crippen LogP contribution in [0.4, 0.5) is 8.78 Å². The molecule has 1 aromatic heterocycles. The van der Waals surface area contributed by atoms with Crippen LogP contribution in [0.3, 0.4) is 0 Å². The zero-order valence-electron chi connectivity index (χ0n) is 11.7. The highest BCUT2D eigenvalue weighted by atomic mass is 19.1. The van der Waals surface area contributed by atoms with Crippen LogP contribution < -0.4 is 5.32 Å². The van der Waals surface area contributed by atoms with Crippen LogP contribution in [0, 0.1) is 18.6 Å². The first-order chi connectivity index (χ1) is 10.0. The van der Waals surface area contributed by atoms with Crippen LogP contribution in [-0.4, -0.2) is 17.4 Å². The molecule has 0 bridgehead atoms. The molecule has 1 saturated carbocycles. The SMILES string of the molecule is Cc1[nH]ccc1C(=O)NCC1(c2ccc(F)cc2F)CC1. The highest BCUT2D eigenvalue weighted by Crippen LogP contribution is 2.48. The molecule has 2 aromatic rings. The van der Waals surface area contributed by atoms with Crippen molar-refractivity contribution in [3.63, 3.8) is 0 Å². The van der Waals surface area contributed by atoms with Crippen molar-refractivity contribution in [2.45, 2.75) is 25.2 Å². The van der Waals surface area contributed by atoms with Crippen molar-refractivity contribution in [2.75, 3.05) is 6.54 Å². The van der Waals surface area contributed by atoms with E-state index in [2.05, 4.69) is 10.3 Å². The Morgan fingerprint density at radius 2 is 2.10 bits per heavy atom. The van der Waals surface area contributed by atoms with Gasteiger partial charge in [0.25, 0.3) is 5.91 Å². The van der Waals surface area contributed by atoms with Crippen LogP contribution in [0.25, 0.3) is 0 Å². The van der Waals surface area contributed by atoms with E-state index < -0.39 is 17.0 Å². The number of hydrogen-bond acceptors (Lipinski definition) is 1. The number of aryl methyl sites for hydroxylation is 1. The van der Waals surface area contributed by atoms with Crippen molar-refractivity contribution in [1.29, 1.82) is 0 Å². The molecule has 21 heavy (non-hydrogen) atoms. The minimum Gasteiger partial charge on any atom is -0.365 e. The van der Waals surface area contributed by atoms with Crippen LogP contribution in [0.15, 0.2) is 30.5 Å². The lowest BCUT2D eigenvalue weighted by Crippen LogP contribution is -2.32. The average molecular weight is 290 g/mol. The van der Waals surface area contributed by atoms with E-state index in [0.29, 0.717) is 17.7 Å². The lowest BCUT2D eigenvalue weighted by molar-refractivity contribution is 0.0949. The Morgan fingerprint density at radius 1 is 1.33 bits per heavy atom. The molecule has 110 valence electrons. The topological polar surface area (TPSA) is 44.9 Å². The van der Waals surface area contributed by atoms with Gasteiger partial charge in [-0.3, -0.25) is 4.79 Å². The first kappa shape index (κ1) is 13.8. The summed E-state index contributed by atoms with van der Waals surface area (Å²) in [4.78, 5) is 15.0. The number of aromatic nitrogens is 1. The van der Waals surface area contributed by atoms with Crippen molar-refractivity contribution < 1.29 is 13.6 Å². The summed E-state index contributed by atoms with van der Waals surface area (Å²) in [7, 11) is 0. The smallest absolute Gasteiger partial charge is 0.253 e. The fourth-order valence-corrected chi connectivity index (χ4v) is 2.66. The van der Waals surface area contributed by atoms with Gasteiger partial charge in [-0.25, -0.2) is 8.78 Å². The predicted octanol–water partition coefficient (Wildman–Crippen LogP) is 3.06. The Hall–Kier alpha value is -2.17. The van der Waals surface area contributed by atoms with E-state index in [9.17, 15) is 13.6 Å². The van der Waals surface area contributed by atoms with Crippen LogP contribution in [-0.2, 0) is 5.41 Å². The third-order valence-electron chi connectivity index (χ3n) is 4.14. The van der Waals surface area contributed by atoms with Gasteiger partial charge in [0.05, 0.1) is 5.56 Å². The van der Waals surface area contributed by atoms with E-state index in [1.54, 1.807) is 12.3 Å². The number of carbonyl (C=O) groups excluding carboxylic acids is 1. The molecule has 1 aliphatic carbocycles. The van der Waals surface area contributed by atoms with Crippen LogP contribution >= 0.6 is 0 Å². The van der Waals surface area contributed by atoms with Crippen molar-refractivity contribution in [3.05, 3.63) is 58.9 Å². The summed E-state index contributed by atoms with van der Waals surface area (Å²) in [5.74, 6) is -1.30. The van der Waals surface area contributed by atoms with Crippen molar-refractivity contribution >= 4 is 5.91 Å². The maximum absolute atomic E-state index is 13.9. The molecule has 3 nitrogen and oxygen atoms in total. The number of benzene rings is 1. The molecule has 1 aliphatic rings. The Bertz CT molecular complexity index is 689. The fraction of sp³-hybridized carbons (Fsp3) is 0.312. The molecule has 0 aliphatic heterocycles. The zero-order chi connectivity index (χ0) is 15.0. The Kier molecular flexibility index (Phi) is 3.27. The molecule has 3 rings (SSSR count). The van der Waals surface area contributed by atoms with Crippen LogP contribution in [0.2, 0.25) is 0 Å². The fourth-order valence-electron chi connectivity index (χ4n) is 2.66. The summed E-state index contributed by atoms with van der Waals surface area (Å²) >= 11 is 0. The number of halogens is 2. The van der Waals surface area contributed by atoms with Gasteiger partial charge in [0, 0.05) is 29.9 Å². The van der Waals surface area contributed by atoms with Gasteiger partial charge in [0.1, 0.15) is 11.6 Å². The average Bonchev–Trinajstić information content (AvgIpc) is 3.10. The molecule has 0 unspecified atom stereocenters. The summed E-state index contributed by atoms with van der Waals surface area (Å²) in [5, 5.41) is 2.85. The third-order valence-corrected chi connectivity index (χ3v) is 4.14. The third kappa shape index (κ3) is 2.55. The van der Waals surface area contributed by atoms with Crippen molar-refractivity contribution in [3.8, 4) is 0 Å². The highest BCUT2D eigenvalue weighted by Gasteiger charge is 2.46. The molecular formula is C16H16F2N2O. The second-order valence-corrected chi connectivity index (χ2v) is 5.60. The molecule has 0 atom stereocenters. The summed E-state index contributed by atoms with van der Waals surface area (Å²) in [5.41, 5.74) is 1.48. The molecule has 1 amide bonds. The minimum absolute atomic E-state index is 0.178. The van der Waals surface area contributed by atoms with E-state index in [1.807, 2.05) is 6.92 Å². The van der Waals surface area contributed by atoms with E-state index >= 15 is 0 Å². The molecule has 0 radical (unpaired) electrons. The van der Waals surface area contributed by atoms with Gasteiger partial charge in [-0.15, -0.1) is 0 Å². The second-order valence-electron chi connectivity index (χ2n) is 5.60. The number of nitrogens with one attached hydrogen (secondary N) is 2. The van der Waals surface area contributed by atoms with E-state index in [0.717, 1.165) is 24.6 Å². The molecule has 5 heteroatoms. The minimum atomic E-state index is -0.584. The van der Waals surface area contributed by atoms with Gasteiger partial charge >= 0.3 is 0 Å². The van der Waals surface area contributed by atoms with Crippen LogP contribution in [0.1, 0.15) is 34.5 Å². The molecule has 2 N–H and O–H groups in total. The molecule has 0 spiro atoms. The van der Waals surface area contributed by atoms with Gasteiger partial charge < -0.3 is 10.3 Å². The highest BCUT2D eigenvalue weighted by molar-refractivity contribution is 5.95. The van der Waals surface area contributed by atoms with Crippen LogP contribution in [0.5, 0.6) is 0 Å². The maximum Gasteiger partial charge on any atom is 0.253 e. The Balaban J connectivity index is 1.73. The number of amides is 1. The quantitative estimate of drug-likeness (QED) is 0.893. The van der Waals surface area contributed by atoms with Gasteiger partial charge in [-0.1, -0.05) is 6.07 Å². The molecule has 1 heterocycles. The number of hydrogen-bond donors (Lipinski definition) is 2. The Morgan fingerprint density at radius 3 is 2.67 bits per heavy atom. The number of H-pyrrole nitrogens is 1. The first-order valence-corrected chi connectivity index (χ1v) is 6.90. The maximum atomic E-state index is 13.9. The van der Waals surface area contributed by atoms with E-state index in [4.69, 9.17) is 0 Å². The molecule has 0 saturated heterocycles. The van der Waals surface area contributed by atoms with Gasteiger partial charge in [0.15, 0.2) is 0 Å². The standard InChI is InChI=1S/C16H16F2N2O/c1-10-12(4-7-19-10)15(21)20-9-16(5-6-16)13-3-2-11(17)8-14(13)18/h2-4,7-8,19H,5-6,9H2,1H3,(H,20,21). The lowest BCUT2D eigenvalue weighted by Gasteiger charge is -2.17. The normalized spacial score (nSPS) is 15.8. The summed E-state index contributed by atoms with van der Waals surface area (Å²) in [6.07, 6.45) is 3.29. The monoisotopic (exact) mass is 290 g/mol. The largest absolute Gasteiger partial charge is 0.365 e. The number of rotatable bonds is 4. The van der Waals surface area contributed by atoms with Crippen molar-refractivity contribution in [1.82, 2.24) is 10.3 Å². The second kappa shape index (κ2) is 4.98. The van der Waals surface area contributed by atoms with Gasteiger partial charge in [-0.05, 0) is 37.5 Å². The summed E-state index contributed by atoms with van der Waals surface area (Å²) < 4.78 is 26.9. The van der Waals surface area contributed by atoms with Gasteiger partial charge in [-0.2, -0.15) is 0 Å². The van der Waals surface area contributed by atoms with E-state index in [-0.39, 0.29) is 5.91 Å². The first-order valence-electron chi connectivity index (χ1n) is 6.90. The number of aromatic amines is 1. The molecule has 1 aromatic carbocycles. The van der Waals surface area contributed by atoms with Crippen molar-refractivity contribution in [2.24, 2.45) is 0 Å². The zero-order valence-corrected chi connectivity index (χ0v) is 11.7.